The maximum absolute atomic E-state index is 13.4. The number of nitrogens with zero attached hydrogens (tertiary/aromatic N) is 1. The Balaban J connectivity index is 2.03. The molecule has 1 aliphatic heterocycles. The van der Waals surface area contributed by atoms with Crippen LogP contribution in [-0.2, 0) is 0 Å². The van der Waals surface area contributed by atoms with Crippen molar-refractivity contribution in [3.63, 3.8) is 0 Å². The lowest BCUT2D eigenvalue weighted by Crippen LogP contribution is -2.39. The molecule has 1 aromatic carbocycles. The minimum Gasteiger partial charge on any atom is -0.397 e. The van der Waals surface area contributed by atoms with Gasteiger partial charge in [0.25, 0.3) is 5.91 Å². The van der Waals surface area contributed by atoms with E-state index in [1.54, 1.807) is 6.07 Å². The molecule has 0 saturated carbocycles. The van der Waals surface area contributed by atoms with E-state index in [9.17, 15) is 9.18 Å². The van der Waals surface area contributed by atoms with Crippen LogP contribution in [0, 0.1) is 5.82 Å². The normalized spacial score (nSPS) is 22.1. The minimum atomic E-state index is -0.327. The van der Waals surface area contributed by atoms with E-state index in [-0.39, 0.29) is 23.8 Å². The highest BCUT2D eigenvalue weighted by atomic mass is 32.1. The summed E-state index contributed by atoms with van der Waals surface area (Å²) in [6, 6.07) is 5.02. The molecule has 0 spiro atoms. The summed E-state index contributed by atoms with van der Waals surface area (Å²) < 4.78 is 14.2. The van der Waals surface area contributed by atoms with Crippen molar-refractivity contribution in [3.8, 4) is 0 Å². The van der Waals surface area contributed by atoms with Crippen molar-refractivity contribution < 1.29 is 9.18 Å². The molecule has 0 radical (unpaired) electrons. The van der Waals surface area contributed by atoms with Crippen LogP contribution in [0.25, 0.3) is 10.1 Å². The van der Waals surface area contributed by atoms with Crippen molar-refractivity contribution in [1.29, 1.82) is 0 Å². The molecule has 21 heavy (non-hydrogen) atoms. The summed E-state index contributed by atoms with van der Waals surface area (Å²) in [7, 11) is 0. The lowest BCUT2D eigenvalue weighted by molar-refractivity contribution is 0.0682. The predicted molar refractivity (Wildman–Crippen MR) is 85.1 cm³/mol. The standard InChI is InChI=1S/C16H19FN2OS/c1-3-11-6-4-9(2)19(11)16(20)15-14(18)12-8-10(17)5-7-13(12)21-15/h5,7-9,11H,3-4,6,18H2,1-2H3. The lowest BCUT2D eigenvalue weighted by atomic mass is 10.1. The summed E-state index contributed by atoms with van der Waals surface area (Å²) in [5, 5.41) is 0.642. The van der Waals surface area contributed by atoms with Crippen LogP contribution in [0.15, 0.2) is 18.2 Å². The number of halogens is 1. The van der Waals surface area contributed by atoms with Crippen molar-refractivity contribution >= 4 is 33.0 Å². The quantitative estimate of drug-likeness (QED) is 0.910. The molecule has 0 aliphatic carbocycles. The maximum Gasteiger partial charge on any atom is 0.266 e. The molecule has 2 aromatic rings. The van der Waals surface area contributed by atoms with Gasteiger partial charge in [-0.15, -0.1) is 11.3 Å². The van der Waals surface area contributed by atoms with Crippen LogP contribution in [0.5, 0.6) is 0 Å². The molecule has 5 heteroatoms. The average Bonchev–Trinajstić information content (AvgIpc) is 2.99. The highest BCUT2D eigenvalue weighted by molar-refractivity contribution is 7.21. The topological polar surface area (TPSA) is 46.3 Å². The van der Waals surface area contributed by atoms with E-state index in [4.69, 9.17) is 5.73 Å². The van der Waals surface area contributed by atoms with Gasteiger partial charge in [-0.2, -0.15) is 0 Å². The second kappa shape index (κ2) is 5.30. The molecular weight excluding hydrogens is 287 g/mol. The molecule has 1 aliphatic rings. The number of fused-ring (bicyclic) bond motifs is 1. The summed E-state index contributed by atoms with van der Waals surface area (Å²) in [5.41, 5.74) is 6.52. The molecule has 2 atom stereocenters. The Morgan fingerprint density at radius 1 is 1.48 bits per heavy atom. The Morgan fingerprint density at radius 3 is 2.95 bits per heavy atom. The van der Waals surface area contributed by atoms with Crippen LogP contribution in [-0.4, -0.2) is 22.9 Å². The number of hydrogen-bond donors (Lipinski definition) is 1. The van der Waals surface area contributed by atoms with Crippen molar-refractivity contribution in [2.45, 2.75) is 45.2 Å². The van der Waals surface area contributed by atoms with Gasteiger partial charge < -0.3 is 10.6 Å². The van der Waals surface area contributed by atoms with Crippen LogP contribution in [0.4, 0.5) is 10.1 Å². The zero-order valence-electron chi connectivity index (χ0n) is 12.2. The largest absolute Gasteiger partial charge is 0.397 e. The summed E-state index contributed by atoms with van der Waals surface area (Å²) in [6.45, 7) is 4.18. The van der Waals surface area contributed by atoms with Crippen molar-refractivity contribution in [3.05, 3.63) is 28.9 Å². The third kappa shape index (κ3) is 2.29. The number of nitrogens with two attached hydrogens (primary N) is 1. The highest BCUT2D eigenvalue weighted by Crippen LogP contribution is 2.37. The van der Waals surface area contributed by atoms with Gasteiger partial charge >= 0.3 is 0 Å². The smallest absolute Gasteiger partial charge is 0.266 e. The number of nitrogen functional groups attached to an aromatic ring is 1. The lowest BCUT2D eigenvalue weighted by Gasteiger charge is -2.27. The molecule has 0 bridgehead atoms. The molecular formula is C16H19FN2OS. The second-order valence-electron chi connectivity index (χ2n) is 5.69. The number of carbonyl (C=O) groups excluding carboxylic acids is 1. The van der Waals surface area contributed by atoms with E-state index >= 15 is 0 Å². The monoisotopic (exact) mass is 306 g/mol. The van der Waals surface area contributed by atoms with Gasteiger partial charge in [-0.1, -0.05) is 6.92 Å². The summed E-state index contributed by atoms with van der Waals surface area (Å²) in [5.74, 6) is -0.335. The summed E-state index contributed by atoms with van der Waals surface area (Å²) in [6.07, 6.45) is 3.03. The number of carbonyl (C=O) groups is 1. The first kappa shape index (κ1) is 14.3. The summed E-state index contributed by atoms with van der Waals surface area (Å²) >= 11 is 1.36. The fraction of sp³-hybridized carbons (Fsp3) is 0.438. The Morgan fingerprint density at radius 2 is 2.24 bits per heavy atom. The zero-order chi connectivity index (χ0) is 15.1. The fourth-order valence-electron chi connectivity index (χ4n) is 3.20. The summed E-state index contributed by atoms with van der Waals surface area (Å²) in [4.78, 5) is 15.4. The molecule has 2 heterocycles. The van der Waals surface area contributed by atoms with Crippen LogP contribution in [0.3, 0.4) is 0 Å². The molecule has 1 fully saturated rings. The molecule has 112 valence electrons. The molecule has 3 rings (SSSR count). The first-order valence-corrected chi connectivity index (χ1v) is 8.14. The zero-order valence-corrected chi connectivity index (χ0v) is 13.0. The van der Waals surface area contributed by atoms with E-state index in [2.05, 4.69) is 13.8 Å². The Kier molecular flexibility index (Phi) is 3.61. The minimum absolute atomic E-state index is 0.00837. The van der Waals surface area contributed by atoms with E-state index < -0.39 is 0 Å². The van der Waals surface area contributed by atoms with Gasteiger partial charge in [0.05, 0.1) is 5.69 Å². The Hall–Kier alpha value is -1.62. The molecule has 3 nitrogen and oxygen atoms in total. The van der Waals surface area contributed by atoms with Crippen molar-refractivity contribution in [2.24, 2.45) is 0 Å². The SMILES string of the molecule is CCC1CCC(C)N1C(=O)c1sc2ccc(F)cc2c1N. The van der Waals surface area contributed by atoms with Gasteiger partial charge in [0, 0.05) is 22.2 Å². The van der Waals surface area contributed by atoms with E-state index in [0.29, 0.717) is 16.0 Å². The third-order valence-electron chi connectivity index (χ3n) is 4.37. The molecule has 2 unspecified atom stereocenters. The molecule has 2 N–H and O–H groups in total. The number of likely N-dealkylation sites (tertiary alicyclic amines) is 1. The average molecular weight is 306 g/mol. The molecule has 1 aromatic heterocycles. The van der Waals surface area contributed by atoms with Gasteiger partial charge in [0.1, 0.15) is 10.7 Å². The van der Waals surface area contributed by atoms with Gasteiger partial charge in [-0.25, -0.2) is 4.39 Å². The number of thiophene rings is 1. The van der Waals surface area contributed by atoms with Gasteiger partial charge in [0.2, 0.25) is 0 Å². The van der Waals surface area contributed by atoms with Gasteiger partial charge in [-0.05, 0) is 44.4 Å². The van der Waals surface area contributed by atoms with Crippen molar-refractivity contribution in [2.75, 3.05) is 5.73 Å². The van der Waals surface area contributed by atoms with Crippen molar-refractivity contribution in [1.82, 2.24) is 4.90 Å². The molecule has 1 amide bonds. The van der Waals surface area contributed by atoms with Crippen LogP contribution in [0.2, 0.25) is 0 Å². The maximum atomic E-state index is 13.4. The predicted octanol–water partition coefficient (Wildman–Crippen LogP) is 4.03. The van der Waals surface area contributed by atoms with E-state index in [1.165, 1.54) is 23.5 Å². The van der Waals surface area contributed by atoms with Crippen LogP contribution >= 0.6 is 11.3 Å². The Labute approximate surface area is 127 Å². The number of amides is 1. The van der Waals surface area contributed by atoms with Gasteiger partial charge in [0.15, 0.2) is 0 Å². The molecule has 1 saturated heterocycles. The number of benzene rings is 1. The first-order chi connectivity index (χ1) is 10.0. The first-order valence-electron chi connectivity index (χ1n) is 7.33. The van der Waals surface area contributed by atoms with Crippen LogP contribution < -0.4 is 5.73 Å². The van der Waals surface area contributed by atoms with E-state index in [1.807, 2.05) is 4.90 Å². The third-order valence-corrected chi connectivity index (χ3v) is 5.55. The van der Waals surface area contributed by atoms with Gasteiger partial charge in [-0.3, -0.25) is 4.79 Å². The van der Waals surface area contributed by atoms with Crippen LogP contribution in [0.1, 0.15) is 42.8 Å². The van der Waals surface area contributed by atoms with E-state index in [0.717, 1.165) is 24.0 Å². The second-order valence-corrected chi connectivity index (χ2v) is 6.74. The Bertz CT molecular complexity index is 697. The number of rotatable bonds is 2. The fourth-order valence-corrected chi connectivity index (χ4v) is 4.25. The highest BCUT2D eigenvalue weighted by Gasteiger charge is 2.35. The number of hydrogen-bond acceptors (Lipinski definition) is 3. The number of anilines is 1.